The first-order chi connectivity index (χ1) is 21.8. The van der Waals surface area contributed by atoms with Gasteiger partial charge in [-0.1, -0.05) is 5.16 Å². The molecule has 230 valence electrons. The van der Waals surface area contributed by atoms with Gasteiger partial charge in [0, 0.05) is 52.7 Å². The monoisotopic (exact) mass is 606 g/mol. The fourth-order valence-electron chi connectivity index (χ4n) is 6.58. The van der Waals surface area contributed by atoms with Crippen molar-refractivity contribution >= 4 is 38.7 Å². The Hall–Kier alpha value is -4.74. The third-order valence-electron chi connectivity index (χ3n) is 8.86. The highest BCUT2D eigenvalue weighted by molar-refractivity contribution is 6.16. The van der Waals surface area contributed by atoms with E-state index in [1.807, 2.05) is 26.8 Å². The lowest BCUT2D eigenvalue weighted by atomic mass is 9.96. The molecule has 0 unspecified atom stereocenters. The molecule has 0 bridgehead atoms. The van der Waals surface area contributed by atoms with Crippen molar-refractivity contribution in [3.63, 3.8) is 0 Å². The zero-order valence-corrected chi connectivity index (χ0v) is 25.6. The molecule has 0 aliphatic carbocycles. The summed E-state index contributed by atoms with van der Waals surface area (Å²) < 4.78 is 20.0. The van der Waals surface area contributed by atoms with Gasteiger partial charge in [0.15, 0.2) is 0 Å². The van der Waals surface area contributed by atoms with Crippen molar-refractivity contribution in [1.82, 2.24) is 35.3 Å². The number of halogens is 1. The van der Waals surface area contributed by atoms with Gasteiger partial charge in [-0.05, 0) is 101 Å². The first-order valence-electron chi connectivity index (χ1n) is 15.4. The number of aromatic amines is 1. The van der Waals surface area contributed by atoms with Gasteiger partial charge < -0.3 is 25.5 Å². The Balaban J connectivity index is 1.36. The maximum atomic E-state index is 14.5. The Labute approximate surface area is 259 Å². The van der Waals surface area contributed by atoms with E-state index in [2.05, 4.69) is 37.5 Å². The van der Waals surface area contributed by atoms with Crippen molar-refractivity contribution < 1.29 is 13.7 Å². The number of H-pyrrole nitrogens is 1. The fourth-order valence-corrected chi connectivity index (χ4v) is 6.58. The van der Waals surface area contributed by atoms with E-state index < -0.39 is 0 Å². The molecule has 1 aliphatic heterocycles. The van der Waals surface area contributed by atoms with Crippen LogP contribution >= 0.6 is 0 Å². The predicted octanol–water partition coefficient (Wildman–Crippen LogP) is 5.59. The van der Waals surface area contributed by atoms with E-state index in [4.69, 9.17) is 20.2 Å². The van der Waals surface area contributed by atoms with Gasteiger partial charge in [0.05, 0.1) is 22.3 Å². The second kappa shape index (κ2) is 11.6. The van der Waals surface area contributed by atoms with Crippen molar-refractivity contribution in [2.24, 2.45) is 5.73 Å². The molecule has 4 aromatic heterocycles. The highest BCUT2D eigenvalue weighted by Crippen LogP contribution is 2.39. The van der Waals surface area contributed by atoms with Gasteiger partial charge in [-0.3, -0.25) is 9.78 Å². The number of hydrogen-bond acceptors (Lipinski definition) is 8. The minimum absolute atomic E-state index is 0.0215. The second-order valence-corrected chi connectivity index (χ2v) is 11.9. The number of nitrogens with one attached hydrogen (secondary N) is 2. The molecule has 1 aliphatic rings. The van der Waals surface area contributed by atoms with Gasteiger partial charge in [0.25, 0.3) is 5.91 Å². The van der Waals surface area contributed by atoms with Crippen molar-refractivity contribution in [3.8, 4) is 22.4 Å². The fraction of sp³-hybridized carbons (Fsp3) is 0.324. The molecule has 4 N–H and O–H groups in total. The Morgan fingerprint density at radius 2 is 1.91 bits per heavy atom. The molecule has 1 amide bonds. The van der Waals surface area contributed by atoms with E-state index in [-0.39, 0.29) is 23.6 Å². The number of hydrogen-bond donors (Lipinski definition) is 3. The lowest BCUT2D eigenvalue weighted by Crippen LogP contribution is -2.45. The molecule has 0 radical (unpaired) electrons. The number of rotatable bonds is 7. The normalized spacial score (nSPS) is 14.6. The highest BCUT2D eigenvalue weighted by atomic mass is 19.1. The summed E-state index contributed by atoms with van der Waals surface area (Å²) in [5.41, 5.74) is 12.6. The van der Waals surface area contributed by atoms with E-state index in [1.165, 1.54) is 12.1 Å². The number of fused-ring (bicyclic) bond motifs is 4. The predicted molar refractivity (Wildman–Crippen MR) is 172 cm³/mol. The second-order valence-electron chi connectivity index (χ2n) is 11.9. The smallest absolute Gasteiger partial charge is 0.289 e. The van der Waals surface area contributed by atoms with E-state index in [0.717, 1.165) is 83.3 Å². The number of benzene rings is 2. The number of aromatic nitrogens is 5. The number of carbonyl (C=O) groups excluding carboxylic acids is 1. The van der Waals surface area contributed by atoms with Gasteiger partial charge in [-0.25, -0.2) is 14.4 Å². The van der Waals surface area contributed by atoms with Gasteiger partial charge in [-0.15, -0.1) is 0 Å². The van der Waals surface area contributed by atoms with Crippen molar-refractivity contribution in [1.29, 1.82) is 0 Å². The summed E-state index contributed by atoms with van der Waals surface area (Å²) in [5.74, 6) is 0.0747. The summed E-state index contributed by atoms with van der Waals surface area (Å²) in [6.07, 6.45) is 4.33. The van der Waals surface area contributed by atoms with Crippen LogP contribution in [0.4, 0.5) is 4.39 Å². The summed E-state index contributed by atoms with van der Waals surface area (Å²) in [7, 11) is 0. The minimum Gasteiger partial charge on any atom is -0.361 e. The number of pyridine rings is 1. The molecular formula is C34H35FN8O2. The first kappa shape index (κ1) is 29.0. The lowest BCUT2D eigenvalue weighted by molar-refractivity contribution is 0.0901. The number of nitrogens with two attached hydrogens (primary N) is 1. The zero-order valence-electron chi connectivity index (χ0n) is 25.6. The molecule has 6 aromatic rings. The SMILES string of the molecule is Cc1cc2c(cc1-c1c(C)noc1C)[nH]c1nc(C(=O)NC3CCN(CCCN)CC3)nc(-c3ccnc4ccc(F)cc34)c12. The molecule has 0 spiro atoms. The van der Waals surface area contributed by atoms with Crippen LogP contribution in [0.5, 0.6) is 0 Å². The summed E-state index contributed by atoms with van der Waals surface area (Å²) in [4.78, 5) is 33.6. The van der Waals surface area contributed by atoms with Crippen LogP contribution < -0.4 is 11.1 Å². The van der Waals surface area contributed by atoms with Gasteiger partial charge in [0.1, 0.15) is 17.2 Å². The maximum Gasteiger partial charge on any atom is 0.289 e. The quantitative estimate of drug-likeness (QED) is 0.214. The number of likely N-dealkylation sites (tertiary alicyclic amines) is 1. The zero-order chi connectivity index (χ0) is 31.2. The molecule has 1 fully saturated rings. The molecule has 45 heavy (non-hydrogen) atoms. The molecule has 7 rings (SSSR count). The molecule has 2 aromatic carbocycles. The Bertz CT molecular complexity index is 2060. The van der Waals surface area contributed by atoms with E-state index >= 15 is 0 Å². The molecular weight excluding hydrogens is 571 g/mol. The van der Waals surface area contributed by atoms with Crippen LogP contribution in [0.25, 0.3) is 55.2 Å². The van der Waals surface area contributed by atoms with Crippen molar-refractivity contribution in [2.75, 3.05) is 26.2 Å². The topological polar surface area (TPSA) is 139 Å². The number of carbonyl (C=O) groups is 1. The van der Waals surface area contributed by atoms with E-state index in [9.17, 15) is 9.18 Å². The van der Waals surface area contributed by atoms with E-state index in [1.54, 1.807) is 12.3 Å². The van der Waals surface area contributed by atoms with Crippen molar-refractivity contribution in [3.05, 3.63) is 71.3 Å². The van der Waals surface area contributed by atoms with Crippen LogP contribution in [0.2, 0.25) is 0 Å². The maximum absolute atomic E-state index is 14.5. The average Bonchev–Trinajstić information content (AvgIpc) is 3.57. The van der Waals surface area contributed by atoms with Gasteiger partial charge >= 0.3 is 0 Å². The Kier molecular flexibility index (Phi) is 7.50. The lowest BCUT2D eigenvalue weighted by Gasteiger charge is -2.32. The Morgan fingerprint density at radius 1 is 1.09 bits per heavy atom. The van der Waals surface area contributed by atoms with Crippen LogP contribution in [0.1, 0.15) is 46.9 Å². The largest absolute Gasteiger partial charge is 0.361 e. The van der Waals surface area contributed by atoms with E-state index in [0.29, 0.717) is 34.4 Å². The third kappa shape index (κ3) is 5.32. The summed E-state index contributed by atoms with van der Waals surface area (Å²) in [6, 6.07) is 10.5. The van der Waals surface area contributed by atoms with Crippen LogP contribution in [0.3, 0.4) is 0 Å². The van der Waals surface area contributed by atoms with Gasteiger partial charge in [0.2, 0.25) is 5.82 Å². The molecule has 11 heteroatoms. The van der Waals surface area contributed by atoms with Crippen LogP contribution in [0, 0.1) is 26.6 Å². The molecule has 5 heterocycles. The summed E-state index contributed by atoms with van der Waals surface area (Å²) >= 11 is 0. The molecule has 0 saturated carbocycles. The number of amides is 1. The summed E-state index contributed by atoms with van der Waals surface area (Å²) in [5, 5.41) is 9.56. The molecule has 10 nitrogen and oxygen atoms in total. The van der Waals surface area contributed by atoms with Crippen molar-refractivity contribution in [2.45, 2.75) is 46.1 Å². The number of nitrogens with zero attached hydrogens (tertiary/aromatic N) is 5. The highest BCUT2D eigenvalue weighted by Gasteiger charge is 2.25. The van der Waals surface area contributed by atoms with Crippen LogP contribution in [-0.4, -0.2) is 68.1 Å². The Morgan fingerprint density at radius 3 is 2.67 bits per heavy atom. The minimum atomic E-state index is -0.378. The van der Waals surface area contributed by atoms with Crippen LogP contribution in [0.15, 0.2) is 47.1 Å². The standard InChI is InChI=1S/C34H35FN8O2/c1-18-15-26-28(17-24(18)29-19(2)42-45-20(29)3)39-32-30(26)31(23-7-11-37-27-6-5-21(35)16-25(23)27)40-33(41-32)34(44)38-22-8-13-43(14-9-22)12-4-10-36/h5-7,11,15-17,22H,4,8-10,12-14,36H2,1-3H3,(H,38,44)(H,39,40,41). The van der Waals surface area contributed by atoms with Gasteiger partial charge in [-0.2, -0.15) is 0 Å². The third-order valence-corrected chi connectivity index (χ3v) is 8.86. The number of aryl methyl sites for hydroxylation is 3. The number of piperidine rings is 1. The van der Waals surface area contributed by atoms with Crippen LogP contribution in [-0.2, 0) is 0 Å². The summed E-state index contributed by atoms with van der Waals surface area (Å²) in [6.45, 7) is 9.31. The molecule has 0 atom stereocenters. The first-order valence-corrected chi connectivity index (χ1v) is 15.4. The average molecular weight is 607 g/mol. The molecule has 1 saturated heterocycles.